The fraction of sp³-hybridized carbons (Fsp3) is 0.733. The van der Waals surface area contributed by atoms with Gasteiger partial charge in [0.15, 0.2) is 0 Å². The Balaban J connectivity index is 1.98. The van der Waals surface area contributed by atoms with Crippen molar-refractivity contribution in [3.8, 4) is 0 Å². The molecule has 1 fully saturated rings. The van der Waals surface area contributed by atoms with Crippen LogP contribution in [0.25, 0.3) is 0 Å². The van der Waals surface area contributed by atoms with E-state index in [0.29, 0.717) is 0 Å². The van der Waals surface area contributed by atoms with Gasteiger partial charge in [-0.1, -0.05) is 0 Å². The molecule has 2 rings (SSSR count). The highest BCUT2D eigenvalue weighted by Gasteiger charge is 2.34. The van der Waals surface area contributed by atoms with Crippen LogP contribution in [0.5, 0.6) is 0 Å². The number of aryl methyl sites for hydroxylation is 1. The third-order valence-corrected chi connectivity index (χ3v) is 3.44. The van der Waals surface area contributed by atoms with Crippen LogP contribution >= 0.6 is 0 Å². The van der Waals surface area contributed by atoms with Gasteiger partial charge in [0, 0.05) is 24.8 Å². The fourth-order valence-corrected chi connectivity index (χ4v) is 2.55. The average Bonchev–Trinajstić information content (AvgIpc) is 2.96. The minimum Gasteiger partial charge on any atom is -0.459 e. The molecule has 0 aromatic carbocycles. The zero-order chi connectivity index (χ0) is 14.8. The largest absolute Gasteiger partial charge is 0.459 e. The highest BCUT2D eigenvalue weighted by Crippen LogP contribution is 2.23. The van der Waals surface area contributed by atoms with Crippen LogP contribution in [0.3, 0.4) is 0 Å². The maximum atomic E-state index is 12.2. The molecule has 5 nitrogen and oxygen atoms in total. The molecule has 0 spiro atoms. The van der Waals surface area contributed by atoms with Gasteiger partial charge in [0.2, 0.25) is 0 Å². The molecule has 1 atom stereocenters. The lowest BCUT2D eigenvalue weighted by Crippen LogP contribution is -2.40. The molecule has 1 aromatic heterocycles. The number of ether oxygens (including phenoxy) is 1. The molecule has 112 valence electrons. The van der Waals surface area contributed by atoms with Crippen molar-refractivity contribution in [1.82, 2.24) is 14.7 Å². The Kier molecular flexibility index (Phi) is 4.48. The first kappa shape index (κ1) is 15.0. The molecular weight excluding hydrogens is 254 g/mol. The summed E-state index contributed by atoms with van der Waals surface area (Å²) in [5.41, 5.74) is 0.737. The van der Waals surface area contributed by atoms with Crippen molar-refractivity contribution in [3.05, 3.63) is 18.0 Å². The van der Waals surface area contributed by atoms with E-state index >= 15 is 0 Å². The van der Waals surface area contributed by atoms with Crippen molar-refractivity contribution >= 4 is 5.97 Å². The number of hydrogen-bond acceptors (Lipinski definition) is 4. The molecule has 1 aliphatic heterocycles. The predicted molar refractivity (Wildman–Crippen MR) is 77.2 cm³/mol. The lowest BCUT2D eigenvalue weighted by atomic mass is 10.1. The summed E-state index contributed by atoms with van der Waals surface area (Å²) in [6, 6.07) is -0.112. The van der Waals surface area contributed by atoms with Crippen LogP contribution in [0.1, 0.15) is 46.1 Å². The fourth-order valence-electron chi connectivity index (χ4n) is 2.55. The molecule has 1 saturated heterocycles. The Morgan fingerprint density at radius 3 is 2.85 bits per heavy atom. The van der Waals surface area contributed by atoms with E-state index in [1.807, 2.05) is 37.8 Å². The lowest BCUT2D eigenvalue weighted by molar-refractivity contribution is -0.160. The van der Waals surface area contributed by atoms with Crippen molar-refractivity contribution in [2.45, 2.75) is 65.3 Å². The Labute approximate surface area is 120 Å². The second-order valence-corrected chi connectivity index (χ2v) is 6.37. The van der Waals surface area contributed by atoms with E-state index in [1.54, 1.807) is 0 Å². The molecule has 20 heavy (non-hydrogen) atoms. The summed E-state index contributed by atoms with van der Waals surface area (Å²) in [4.78, 5) is 14.4. The Hall–Kier alpha value is -1.36. The first-order chi connectivity index (χ1) is 9.39. The van der Waals surface area contributed by atoms with Gasteiger partial charge in [-0.15, -0.1) is 0 Å². The van der Waals surface area contributed by atoms with Gasteiger partial charge in [-0.05, 0) is 47.1 Å². The van der Waals surface area contributed by atoms with Gasteiger partial charge in [-0.3, -0.25) is 14.4 Å². The summed E-state index contributed by atoms with van der Waals surface area (Å²) in [7, 11) is 0. The molecule has 0 amide bonds. The van der Waals surface area contributed by atoms with Crippen LogP contribution in [-0.2, 0) is 22.6 Å². The molecular formula is C15H25N3O2. The van der Waals surface area contributed by atoms with Gasteiger partial charge in [0.05, 0.1) is 6.20 Å². The molecule has 0 unspecified atom stereocenters. The molecule has 2 heterocycles. The molecule has 0 saturated carbocycles. The number of nitrogens with zero attached hydrogens (tertiary/aromatic N) is 3. The third kappa shape index (κ3) is 3.82. The number of hydrogen-bond donors (Lipinski definition) is 0. The number of carbonyl (C=O) groups excluding carboxylic acids is 1. The number of likely N-dealkylation sites (tertiary alicyclic amines) is 1. The minimum atomic E-state index is -0.418. The Morgan fingerprint density at radius 1 is 1.50 bits per heavy atom. The molecule has 0 bridgehead atoms. The number of esters is 1. The molecule has 0 aliphatic carbocycles. The SMILES string of the molecule is CCn1cc(CN2CCC[C@H]2C(=O)OC(C)(C)C)cn1. The van der Waals surface area contributed by atoms with Gasteiger partial charge >= 0.3 is 5.97 Å². The van der Waals surface area contributed by atoms with Crippen molar-refractivity contribution in [3.63, 3.8) is 0 Å². The van der Waals surface area contributed by atoms with Gasteiger partial charge in [-0.25, -0.2) is 0 Å². The van der Waals surface area contributed by atoms with E-state index in [-0.39, 0.29) is 12.0 Å². The predicted octanol–water partition coefficient (Wildman–Crippen LogP) is 2.21. The normalized spacial score (nSPS) is 20.3. The summed E-state index contributed by atoms with van der Waals surface area (Å²) in [5.74, 6) is -0.0992. The van der Waals surface area contributed by atoms with Gasteiger partial charge in [0.25, 0.3) is 0 Å². The highest BCUT2D eigenvalue weighted by molar-refractivity contribution is 5.76. The van der Waals surface area contributed by atoms with Crippen molar-refractivity contribution in [2.24, 2.45) is 0 Å². The first-order valence-corrected chi connectivity index (χ1v) is 7.37. The zero-order valence-corrected chi connectivity index (χ0v) is 12.9. The highest BCUT2D eigenvalue weighted by atomic mass is 16.6. The van der Waals surface area contributed by atoms with Crippen molar-refractivity contribution in [2.75, 3.05) is 6.54 Å². The summed E-state index contributed by atoms with van der Waals surface area (Å²) in [6.07, 6.45) is 5.86. The minimum absolute atomic E-state index is 0.0992. The maximum Gasteiger partial charge on any atom is 0.323 e. The van der Waals surface area contributed by atoms with E-state index in [4.69, 9.17) is 4.74 Å². The van der Waals surface area contributed by atoms with Gasteiger partial charge in [-0.2, -0.15) is 5.10 Å². The maximum absolute atomic E-state index is 12.2. The van der Waals surface area contributed by atoms with E-state index in [0.717, 1.165) is 38.0 Å². The zero-order valence-electron chi connectivity index (χ0n) is 12.9. The van der Waals surface area contributed by atoms with Crippen molar-refractivity contribution in [1.29, 1.82) is 0 Å². The van der Waals surface area contributed by atoms with Crippen LogP contribution in [0.15, 0.2) is 12.4 Å². The number of rotatable bonds is 4. The smallest absolute Gasteiger partial charge is 0.323 e. The molecule has 1 aromatic rings. The number of aromatic nitrogens is 2. The summed E-state index contributed by atoms with van der Waals surface area (Å²) < 4.78 is 7.43. The van der Waals surface area contributed by atoms with E-state index < -0.39 is 5.60 Å². The Morgan fingerprint density at radius 2 is 2.25 bits per heavy atom. The topological polar surface area (TPSA) is 47.4 Å². The van der Waals surface area contributed by atoms with Crippen LogP contribution in [0, 0.1) is 0 Å². The third-order valence-electron chi connectivity index (χ3n) is 3.44. The Bertz CT molecular complexity index is 462. The van der Waals surface area contributed by atoms with Gasteiger partial charge < -0.3 is 4.74 Å². The standard InChI is InChI=1S/C15H25N3O2/c1-5-18-11-12(9-16-18)10-17-8-6-7-13(17)14(19)20-15(2,3)4/h9,11,13H,5-8,10H2,1-4H3/t13-/m0/s1. The van der Waals surface area contributed by atoms with Crippen LogP contribution in [-0.4, -0.2) is 38.8 Å². The molecule has 5 heteroatoms. The van der Waals surface area contributed by atoms with E-state index in [2.05, 4.69) is 16.9 Å². The average molecular weight is 279 g/mol. The van der Waals surface area contributed by atoms with E-state index in [1.165, 1.54) is 0 Å². The monoisotopic (exact) mass is 279 g/mol. The summed E-state index contributed by atoms with van der Waals surface area (Å²) >= 11 is 0. The number of carbonyl (C=O) groups is 1. The van der Waals surface area contributed by atoms with E-state index in [9.17, 15) is 4.79 Å². The van der Waals surface area contributed by atoms with Gasteiger partial charge in [0.1, 0.15) is 11.6 Å². The van der Waals surface area contributed by atoms with Crippen LogP contribution in [0.4, 0.5) is 0 Å². The second kappa shape index (κ2) is 5.95. The summed E-state index contributed by atoms with van der Waals surface area (Å²) in [6.45, 7) is 10.4. The second-order valence-electron chi connectivity index (χ2n) is 6.37. The van der Waals surface area contributed by atoms with Crippen LogP contribution < -0.4 is 0 Å². The lowest BCUT2D eigenvalue weighted by Gasteiger charge is -2.27. The first-order valence-electron chi connectivity index (χ1n) is 7.37. The molecule has 0 N–H and O–H groups in total. The van der Waals surface area contributed by atoms with Crippen molar-refractivity contribution < 1.29 is 9.53 Å². The summed E-state index contributed by atoms with van der Waals surface area (Å²) in [5, 5.41) is 4.28. The molecule has 1 aliphatic rings. The molecule has 0 radical (unpaired) electrons. The quantitative estimate of drug-likeness (QED) is 0.793. The van der Waals surface area contributed by atoms with Crippen LogP contribution in [0.2, 0.25) is 0 Å².